The summed E-state index contributed by atoms with van der Waals surface area (Å²) in [5.74, 6) is 1.34. The summed E-state index contributed by atoms with van der Waals surface area (Å²) in [4.78, 5) is 15.8. The number of aromatic nitrogens is 1. The highest BCUT2D eigenvalue weighted by molar-refractivity contribution is 5.76. The molecule has 1 aliphatic carbocycles. The number of anilines is 2. The Hall–Kier alpha value is -1.78. The lowest BCUT2D eigenvalue weighted by molar-refractivity contribution is -0.122. The molecule has 2 rings (SSSR count). The quantitative estimate of drug-likeness (QED) is 0.674. The largest absolute Gasteiger partial charge is 0.384 e. The van der Waals surface area contributed by atoms with E-state index >= 15 is 0 Å². The third kappa shape index (κ3) is 6.02. The van der Waals surface area contributed by atoms with Crippen LogP contribution in [0, 0.1) is 5.92 Å². The maximum Gasteiger partial charge on any atom is 0.220 e. The van der Waals surface area contributed by atoms with Gasteiger partial charge in [0.25, 0.3) is 0 Å². The summed E-state index contributed by atoms with van der Waals surface area (Å²) < 4.78 is 0. The van der Waals surface area contributed by atoms with Crippen LogP contribution in [0.2, 0.25) is 0 Å². The van der Waals surface area contributed by atoms with Crippen molar-refractivity contribution >= 4 is 17.4 Å². The molecule has 0 aliphatic heterocycles. The number of carbonyl (C=O) groups is 1. The summed E-state index contributed by atoms with van der Waals surface area (Å²) in [5.41, 5.74) is 6.48. The summed E-state index contributed by atoms with van der Waals surface area (Å²) in [5, 5.41) is 6.27. The van der Waals surface area contributed by atoms with Crippen LogP contribution < -0.4 is 16.4 Å². The molecule has 0 saturated heterocycles. The second-order valence-electron chi connectivity index (χ2n) is 5.81. The first-order valence-corrected chi connectivity index (χ1v) is 7.96. The topological polar surface area (TPSA) is 80.0 Å². The Bertz CT molecular complexity index is 426. The summed E-state index contributed by atoms with van der Waals surface area (Å²) in [7, 11) is 0. The maximum atomic E-state index is 11.8. The number of nitrogen functional groups attached to an aromatic ring is 1. The molecule has 0 spiro atoms. The molecule has 0 radical (unpaired) electrons. The zero-order valence-corrected chi connectivity index (χ0v) is 12.6. The lowest BCUT2D eigenvalue weighted by Gasteiger charge is -2.20. The van der Waals surface area contributed by atoms with Crippen molar-refractivity contribution in [3.8, 4) is 0 Å². The van der Waals surface area contributed by atoms with Gasteiger partial charge in [-0.25, -0.2) is 4.98 Å². The molecule has 4 N–H and O–H groups in total. The van der Waals surface area contributed by atoms with Crippen molar-refractivity contribution in [1.82, 2.24) is 10.3 Å². The van der Waals surface area contributed by atoms with Gasteiger partial charge in [0.15, 0.2) is 0 Å². The first-order chi connectivity index (χ1) is 10.2. The molecule has 21 heavy (non-hydrogen) atoms. The number of rotatable bonds is 7. The van der Waals surface area contributed by atoms with Gasteiger partial charge < -0.3 is 16.4 Å². The fourth-order valence-electron chi connectivity index (χ4n) is 2.78. The van der Waals surface area contributed by atoms with Crippen LogP contribution in [0.4, 0.5) is 11.5 Å². The number of nitrogens with two attached hydrogens (primary N) is 1. The fourth-order valence-corrected chi connectivity index (χ4v) is 2.78. The molecular weight excluding hydrogens is 264 g/mol. The van der Waals surface area contributed by atoms with Gasteiger partial charge in [0.1, 0.15) is 5.82 Å². The second-order valence-corrected chi connectivity index (χ2v) is 5.81. The molecule has 0 aromatic carbocycles. The van der Waals surface area contributed by atoms with Crippen molar-refractivity contribution in [2.24, 2.45) is 5.92 Å². The number of pyridine rings is 1. The lowest BCUT2D eigenvalue weighted by atomic mass is 9.87. The fraction of sp³-hybridized carbons (Fsp3) is 0.625. The molecule has 0 atom stereocenters. The van der Waals surface area contributed by atoms with Crippen molar-refractivity contribution in [3.05, 3.63) is 18.3 Å². The van der Waals surface area contributed by atoms with Gasteiger partial charge in [-0.05, 0) is 37.3 Å². The molecule has 5 nitrogen and oxygen atoms in total. The van der Waals surface area contributed by atoms with Crippen LogP contribution in [-0.4, -0.2) is 24.0 Å². The normalized spacial score (nSPS) is 15.6. The zero-order valence-electron chi connectivity index (χ0n) is 12.6. The Morgan fingerprint density at radius 3 is 2.76 bits per heavy atom. The Labute approximate surface area is 126 Å². The van der Waals surface area contributed by atoms with Gasteiger partial charge >= 0.3 is 0 Å². The predicted molar refractivity (Wildman–Crippen MR) is 86.0 cm³/mol. The van der Waals surface area contributed by atoms with Gasteiger partial charge in [-0.15, -0.1) is 0 Å². The van der Waals surface area contributed by atoms with E-state index in [1.165, 1.54) is 32.1 Å². The monoisotopic (exact) mass is 290 g/mol. The second kappa shape index (κ2) is 8.49. The molecule has 0 bridgehead atoms. The molecule has 1 aliphatic rings. The van der Waals surface area contributed by atoms with Gasteiger partial charge in [-0.2, -0.15) is 0 Å². The summed E-state index contributed by atoms with van der Waals surface area (Å²) >= 11 is 0. The Morgan fingerprint density at radius 1 is 1.24 bits per heavy atom. The number of nitrogens with zero attached hydrogens (tertiary/aromatic N) is 1. The smallest absolute Gasteiger partial charge is 0.220 e. The van der Waals surface area contributed by atoms with E-state index in [1.807, 2.05) is 6.07 Å². The summed E-state index contributed by atoms with van der Waals surface area (Å²) in [6.45, 7) is 1.54. The van der Waals surface area contributed by atoms with Crippen LogP contribution in [0.25, 0.3) is 0 Å². The van der Waals surface area contributed by atoms with E-state index in [0.29, 0.717) is 18.2 Å². The molecule has 116 valence electrons. The first kappa shape index (κ1) is 15.6. The van der Waals surface area contributed by atoms with Gasteiger partial charge in [-0.3, -0.25) is 4.79 Å². The maximum absolute atomic E-state index is 11.8. The van der Waals surface area contributed by atoms with E-state index in [-0.39, 0.29) is 5.91 Å². The molecule has 5 heteroatoms. The average molecular weight is 290 g/mol. The number of amides is 1. The van der Waals surface area contributed by atoms with E-state index in [9.17, 15) is 4.79 Å². The minimum absolute atomic E-state index is 0.205. The van der Waals surface area contributed by atoms with Crippen molar-refractivity contribution in [1.29, 1.82) is 0 Å². The molecule has 0 unspecified atom stereocenters. The Balaban J connectivity index is 1.52. The predicted octanol–water partition coefficient (Wildman–Crippen LogP) is 2.55. The van der Waals surface area contributed by atoms with Gasteiger partial charge in [0.2, 0.25) is 5.91 Å². The lowest BCUT2D eigenvalue weighted by Crippen LogP contribution is -2.28. The van der Waals surface area contributed by atoms with Crippen LogP contribution in [0.1, 0.15) is 44.9 Å². The third-order valence-corrected chi connectivity index (χ3v) is 3.99. The number of nitrogens with one attached hydrogen (secondary N) is 2. The van der Waals surface area contributed by atoms with E-state index in [4.69, 9.17) is 5.73 Å². The number of hydrogen-bond donors (Lipinski definition) is 3. The van der Waals surface area contributed by atoms with E-state index in [1.54, 1.807) is 12.3 Å². The zero-order chi connectivity index (χ0) is 14.9. The first-order valence-electron chi connectivity index (χ1n) is 7.96. The third-order valence-electron chi connectivity index (χ3n) is 3.99. The van der Waals surface area contributed by atoms with Gasteiger partial charge in [0, 0.05) is 19.5 Å². The van der Waals surface area contributed by atoms with E-state index < -0.39 is 0 Å². The summed E-state index contributed by atoms with van der Waals surface area (Å²) in [6, 6.07) is 3.68. The van der Waals surface area contributed by atoms with E-state index in [0.717, 1.165) is 25.2 Å². The van der Waals surface area contributed by atoms with Crippen molar-refractivity contribution < 1.29 is 4.79 Å². The summed E-state index contributed by atoms with van der Waals surface area (Å²) in [6.07, 6.45) is 9.68. The highest BCUT2D eigenvalue weighted by Crippen LogP contribution is 2.25. The molecular formula is C16H26N4O. The standard InChI is InChI=1S/C16H26N4O/c17-15-8-7-14(12-20-15)18-9-4-10-19-16(21)11-13-5-2-1-3-6-13/h7-8,12-13,18H,1-6,9-11H2,(H2,17,20)(H,19,21). The van der Waals surface area contributed by atoms with Gasteiger partial charge in [0.05, 0.1) is 11.9 Å². The highest BCUT2D eigenvalue weighted by atomic mass is 16.1. The molecule has 1 saturated carbocycles. The van der Waals surface area contributed by atoms with Crippen molar-refractivity contribution in [2.45, 2.75) is 44.9 Å². The van der Waals surface area contributed by atoms with Crippen LogP contribution in [0.15, 0.2) is 18.3 Å². The van der Waals surface area contributed by atoms with Gasteiger partial charge in [-0.1, -0.05) is 19.3 Å². The van der Waals surface area contributed by atoms with Crippen LogP contribution >= 0.6 is 0 Å². The van der Waals surface area contributed by atoms with Crippen molar-refractivity contribution in [3.63, 3.8) is 0 Å². The highest BCUT2D eigenvalue weighted by Gasteiger charge is 2.16. The molecule has 1 aromatic heterocycles. The van der Waals surface area contributed by atoms with E-state index in [2.05, 4.69) is 15.6 Å². The SMILES string of the molecule is Nc1ccc(NCCCNC(=O)CC2CCCCC2)cn1. The number of carbonyl (C=O) groups excluding carboxylic acids is 1. The van der Waals surface area contributed by atoms with Crippen LogP contribution in [-0.2, 0) is 4.79 Å². The van der Waals surface area contributed by atoms with Crippen LogP contribution in [0.5, 0.6) is 0 Å². The molecule has 1 fully saturated rings. The minimum atomic E-state index is 0.205. The average Bonchev–Trinajstić information content (AvgIpc) is 2.50. The Kier molecular flexibility index (Phi) is 6.31. The number of hydrogen-bond acceptors (Lipinski definition) is 4. The molecule has 1 heterocycles. The van der Waals surface area contributed by atoms with Crippen LogP contribution in [0.3, 0.4) is 0 Å². The molecule has 1 amide bonds. The molecule has 1 aromatic rings. The Morgan fingerprint density at radius 2 is 2.05 bits per heavy atom. The minimum Gasteiger partial charge on any atom is -0.384 e. The van der Waals surface area contributed by atoms with Crippen molar-refractivity contribution in [2.75, 3.05) is 24.1 Å².